The molecule has 1 aromatic rings. The van der Waals surface area contributed by atoms with E-state index in [4.69, 9.17) is 0 Å². The molecule has 1 saturated heterocycles. The number of hydrogen-bond donors (Lipinski definition) is 1. The van der Waals surface area contributed by atoms with Crippen LogP contribution in [-0.2, 0) is 12.1 Å². The summed E-state index contributed by atoms with van der Waals surface area (Å²) in [6, 6.07) is 0. The molecule has 0 saturated carbocycles. The lowest BCUT2D eigenvalue weighted by Gasteiger charge is -2.38. The van der Waals surface area contributed by atoms with E-state index < -0.39 is 0 Å². The molecule has 1 aliphatic heterocycles. The first-order chi connectivity index (χ1) is 9.28. The Labute approximate surface area is 123 Å². The zero-order chi connectivity index (χ0) is 14.8. The third kappa shape index (κ3) is 4.06. The molecule has 0 aromatic carbocycles. The summed E-state index contributed by atoms with van der Waals surface area (Å²) in [5, 5.41) is 8.07. The lowest BCUT2D eigenvalue weighted by molar-refractivity contribution is 0.137. The zero-order valence-electron chi connectivity index (χ0n) is 13.7. The highest BCUT2D eigenvalue weighted by Crippen LogP contribution is 2.29. The fraction of sp³-hybridized carbons (Fsp3) is 0.812. The zero-order valence-corrected chi connectivity index (χ0v) is 13.7. The van der Waals surface area contributed by atoms with Crippen molar-refractivity contribution in [2.24, 2.45) is 5.41 Å². The summed E-state index contributed by atoms with van der Waals surface area (Å²) in [7, 11) is 2.22. The topological polar surface area (TPSA) is 33.1 Å². The van der Waals surface area contributed by atoms with Gasteiger partial charge in [0.15, 0.2) is 0 Å². The van der Waals surface area contributed by atoms with E-state index in [0.29, 0.717) is 5.41 Å². The quantitative estimate of drug-likeness (QED) is 0.918. The molecular weight excluding hydrogens is 248 g/mol. The van der Waals surface area contributed by atoms with Crippen LogP contribution in [0.3, 0.4) is 0 Å². The molecule has 2 heterocycles. The van der Waals surface area contributed by atoms with Crippen molar-refractivity contribution in [2.75, 3.05) is 26.7 Å². The van der Waals surface area contributed by atoms with Gasteiger partial charge in [0, 0.05) is 24.8 Å². The lowest BCUT2D eigenvalue weighted by atomic mass is 9.80. The van der Waals surface area contributed by atoms with Crippen molar-refractivity contribution < 1.29 is 0 Å². The molecule has 1 aromatic heterocycles. The minimum absolute atomic E-state index is 0.0676. The van der Waals surface area contributed by atoms with Crippen LogP contribution in [0.4, 0.5) is 0 Å². The second-order valence-electron chi connectivity index (χ2n) is 7.68. The predicted octanol–water partition coefficient (Wildman–Crippen LogP) is 2.46. The van der Waals surface area contributed by atoms with Gasteiger partial charge in [0.05, 0.1) is 11.7 Å². The molecule has 0 radical (unpaired) electrons. The Hall–Kier alpha value is -0.870. The summed E-state index contributed by atoms with van der Waals surface area (Å²) in [5.41, 5.74) is 1.79. The Morgan fingerprint density at radius 2 is 1.95 bits per heavy atom. The van der Waals surface area contributed by atoms with Gasteiger partial charge in [0.1, 0.15) is 0 Å². The molecule has 0 bridgehead atoms. The average molecular weight is 278 g/mol. The highest BCUT2D eigenvalue weighted by Gasteiger charge is 2.28. The standard InChI is InChI=1S/C16H30N4/c1-15(2,3)20-12-14(11-18-20)10-17-13-16(4)6-8-19(5)9-7-16/h11-12,17H,6-10,13H2,1-5H3. The van der Waals surface area contributed by atoms with Gasteiger partial charge < -0.3 is 10.2 Å². The molecule has 114 valence electrons. The minimum Gasteiger partial charge on any atom is -0.312 e. The van der Waals surface area contributed by atoms with Gasteiger partial charge in [-0.2, -0.15) is 5.10 Å². The number of hydrogen-bond acceptors (Lipinski definition) is 3. The van der Waals surface area contributed by atoms with Gasteiger partial charge in [0.2, 0.25) is 0 Å². The molecule has 1 N–H and O–H groups in total. The predicted molar refractivity (Wildman–Crippen MR) is 83.8 cm³/mol. The number of aromatic nitrogens is 2. The third-order valence-corrected chi connectivity index (χ3v) is 4.40. The number of likely N-dealkylation sites (tertiary alicyclic amines) is 1. The average Bonchev–Trinajstić information content (AvgIpc) is 2.82. The van der Waals surface area contributed by atoms with E-state index in [9.17, 15) is 0 Å². The molecule has 0 aliphatic carbocycles. The highest BCUT2D eigenvalue weighted by molar-refractivity contribution is 5.05. The highest BCUT2D eigenvalue weighted by atomic mass is 15.3. The Balaban J connectivity index is 1.80. The Bertz CT molecular complexity index is 422. The van der Waals surface area contributed by atoms with Crippen molar-refractivity contribution in [1.82, 2.24) is 20.0 Å². The van der Waals surface area contributed by atoms with Crippen molar-refractivity contribution in [3.63, 3.8) is 0 Å². The smallest absolute Gasteiger partial charge is 0.0543 e. The van der Waals surface area contributed by atoms with E-state index in [-0.39, 0.29) is 5.54 Å². The van der Waals surface area contributed by atoms with Crippen molar-refractivity contribution in [3.05, 3.63) is 18.0 Å². The molecular formula is C16H30N4. The summed E-state index contributed by atoms with van der Waals surface area (Å²) in [6.07, 6.45) is 6.72. The fourth-order valence-corrected chi connectivity index (χ4v) is 2.66. The number of nitrogens with zero attached hydrogens (tertiary/aromatic N) is 3. The van der Waals surface area contributed by atoms with Crippen molar-refractivity contribution >= 4 is 0 Å². The number of piperidine rings is 1. The van der Waals surface area contributed by atoms with Crippen LogP contribution in [0.5, 0.6) is 0 Å². The van der Waals surface area contributed by atoms with Crippen LogP contribution in [0.25, 0.3) is 0 Å². The van der Waals surface area contributed by atoms with Gasteiger partial charge in [-0.25, -0.2) is 0 Å². The second kappa shape index (κ2) is 5.86. The molecule has 20 heavy (non-hydrogen) atoms. The first-order valence-corrected chi connectivity index (χ1v) is 7.72. The Morgan fingerprint density at radius 3 is 2.50 bits per heavy atom. The molecule has 0 unspecified atom stereocenters. The van der Waals surface area contributed by atoms with Gasteiger partial charge >= 0.3 is 0 Å². The monoisotopic (exact) mass is 278 g/mol. The summed E-state index contributed by atoms with van der Waals surface area (Å²) in [5.74, 6) is 0. The summed E-state index contributed by atoms with van der Waals surface area (Å²) in [4.78, 5) is 2.43. The van der Waals surface area contributed by atoms with Crippen LogP contribution < -0.4 is 5.32 Å². The maximum absolute atomic E-state index is 4.45. The van der Waals surface area contributed by atoms with Crippen molar-refractivity contribution in [1.29, 1.82) is 0 Å². The number of nitrogens with one attached hydrogen (secondary N) is 1. The van der Waals surface area contributed by atoms with E-state index in [1.54, 1.807) is 0 Å². The van der Waals surface area contributed by atoms with E-state index >= 15 is 0 Å². The van der Waals surface area contributed by atoms with Crippen molar-refractivity contribution in [3.8, 4) is 0 Å². The third-order valence-electron chi connectivity index (χ3n) is 4.40. The van der Waals surface area contributed by atoms with Crippen LogP contribution in [0, 0.1) is 5.41 Å². The molecule has 4 heteroatoms. The first-order valence-electron chi connectivity index (χ1n) is 7.72. The van der Waals surface area contributed by atoms with Gasteiger partial charge in [-0.15, -0.1) is 0 Å². The Kier molecular flexibility index (Phi) is 4.55. The van der Waals surface area contributed by atoms with E-state index in [0.717, 1.165) is 13.1 Å². The SMILES string of the molecule is CN1CCC(C)(CNCc2cnn(C(C)(C)C)c2)CC1. The molecule has 4 nitrogen and oxygen atoms in total. The molecule has 0 spiro atoms. The number of rotatable bonds is 4. The van der Waals surface area contributed by atoms with Crippen LogP contribution >= 0.6 is 0 Å². The minimum atomic E-state index is 0.0676. The molecule has 1 aliphatic rings. The lowest BCUT2D eigenvalue weighted by Crippen LogP contribution is -2.41. The van der Waals surface area contributed by atoms with Crippen LogP contribution in [0.1, 0.15) is 46.1 Å². The normalized spacial score (nSPS) is 20.2. The van der Waals surface area contributed by atoms with Gasteiger partial charge in [-0.05, 0) is 59.2 Å². The fourth-order valence-electron chi connectivity index (χ4n) is 2.66. The molecule has 1 fully saturated rings. The second-order valence-corrected chi connectivity index (χ2v) is 7.68. The van der Waals surface area contributed by atoms with Gasteiger partial charge in [-0.3, -0.25) is 4.68 Å². The van der Waals surface area contributed by atoms with Crippen molar-refractivity contribution in [2.45, 2.75) is 52.6 Å². The maximum Gasteiger partial charge on any atom is 0.0543 e. The summed E-state index contributed by atoms with van der Waals surface area (Å²) < 4.78 is 2.04. The van der Waals surface area contributed by atoms with E-state index in [1.807, 2.05) is 10.9 Å². The Morgan fingerprint density at radius 1 is 1.30 bits per heavy atom. The van der Waals surface area contributed by atoms with E-state index in [2.05, 4.69) is 56.3 Å². The molecule has 2 rings (SSSR count). The molecule has 0 atom stereocenters. The van der Waals surface area contributed by atoms with Crippen LogP contribution in [0.15, 0.2) is 12.4 Å². The van der Waals surface area contributed by atoms with E-state index in [1.165, 1.54) is 31.5 Å². The van der Waals surface area contributed by atoms with Gasteiger partial charge in [0.25, 0.3) is 0 Å². The largest absolute Gasteiger partial charge is 0.312 e. The molecule has 0 amide bonds. The van der Waals surface area contributed by atoms with Crippen LogP contribution in [-0.4, -0.2) is 41.4 Å². The maximum atomic E-state index is 4.45. The summed E-state index contributed by atoms with van der Waals surface area (Å²) >= 11 is 0. The first kappa shape index (κ1) is 15.5. The van der Waals surface area contributed by atoms with Gasteiger partial charge in [-0.1, -0.05) is 6.92 Å². The summed E-state index contributed by atoms with van der Waals surface area (Å²) in [6.45, 7) is 13.4. The van der Waals surface area contributed by atoms with Crippen LogP contribution in [0.2, 0.25) is 0 Å².